The fourth-order valence-electron chi connectivity index (χ4n) is 2.44. The topological polar surface area (TPSA) is 105 Å². The molecule has 1 aliphatic rings. The van der Waals surface area contributed by atoms with Crippen molar-refractivity contribution >= 4 is 40.7 Å². The standard InChI is InChI=1S/C14H20F2N4O3S.2ClH/c15-14(16,9-17)10-19-13(21)11-3-6-20(7-4-11)24(22,23)12-2-1-5-18-8-12;;/h1-2,5,8,11H,3-4,6-7,9-10,17H2,(H,19,21);2*1H. The molecule has 150 valence electrons. The minimum atomic E-state index is -3.65. The molecule has 7 nitrogen and oxygen atoms in total. The highest BCUT2D eigenvalue weighted by atomic mass is 35.5. The van der Waals surface area contributed by atoms with Crippen LogP contribution in [0.4, 0.5) is 8.78 Å². The summed E-state index contributed by atoms with van der Waals surface area (Å²) in [6, 6.07) is 2.99. The average molecular weight is 435 g/mol. The number of hydrogen-bond donors (Lipinski definition) is 2. The summed E-state index contributed by atoms with van der Waals surface area (Å²) >= 11 is 0. The van der Waals surface area contributed by atoms with E-state index in [1.165, 1.54) is 28.8 Å². The van der Waals surface area contributed by atoms with E-state index in [-0.39, 0.29) is 55.6 Å². The smallest absolute Gasteiger partial charge is 0.277 e. The first-order valence-corrected chi connectivity index (χ1v) is 8.96. The molecule has 2 heterocycles. The number of nitrogens with two attached hydrogens (primary N) is 1. The van der Waals surface area contributed by atoms with Crippen molar-refractivity contribution in [1.29, 1.82) is 0 Å². The molecular formula is C14H22Cl2F2N4O3S. The quantitative estimate of drug-likeness (QED) is 0.695. The molecule has 0 aromatic carbocycles. The van der Waals surface area contributed by atoms with Crippen LogP contribution < -0.4 is 11.1 Å². The Balaban J connectivity index is 0.00000312. The van der Waals surface area contributed by atoms with E-state index in [1.54, 1.807) is 0 Å². The molecule has 0 spiro atoms. The van der Waals surface area contributed by atoms with Crippen LogP contribution in [0, 0.1) is 5.92 Å². The van der Waals surface area contributed by atoms with Crippen molar-refractivity contribution in [2.45, 2.75) is 23.7 Å². The van der Waals surface area contributed by atoms with E-state index in [2.05, 4.69) is 10.3 Å². The van der Waals surface area contributed by atoms with Gasteiger partial charge in [0.1, 0.15) is 4.90 Å². The van der Waals surface area contributed by atoms with Crippen LogP contribution in [0.15, 0.2) is 29.4 Å². The van der Waals surface area contributed by atoms with Crippen molar-refractivity contribution in [1.82, 2.24) is 14.6 Å². The predicted octanol–water partition coefficient (Wildman–Crippen LogP) is 1.04. The molecule has 0 atom stereocenters. The molecule has 1 aromatic heterocycles. The molecule has 26 heavy (non-hydrogen) atoms. The van der Waals surface area contributed by atoms with Crippen molar-refractivity contribution < 1.29 is 22.0 Å². The Kier molecular flexibility index (Phi) is 9.89. The van der Waals surface area contributed by atoms with Gasteiger partial charge >= 0.3 is 0 Å². The third-order valence-electron chi connectivity index (χ3n) is 3.92. The van der Waals surface area contributed by atoms with Crippen molar-refractivity contribution in [3.63, 3.8) is 0 Å². The summed E-state index contributed by atoms with van der Waals surface area (Å²) < 4.78 is 52.3. The van der Waals surface area contributed by atoms with Gasteiger partial charge in [-0.3, -0.25) is 9.78 Å². The zero-order valence-electron chi connectivity index (χ0n) is 13.8. The third kappa shape index (κ3) is 6.27. The minimum Gasteiger partial charge on any atom is -0.350 e. The van der Waals surface area contributed by atoms with Crippen LogP contribution in [-0.4, -0.2) is 55.7 Å². The number of rotatable bonds is 6. The van der Waals surface area contributed by atoms with Crippen LogP contribution in [0.5, 0.6) is 0 Å². The summed E-state index contributed by atoms with van der Waals surface area (Å²) in [5, 5.41) is 2.18. The first-order valence-electron chi connectivity index (χ1n) is 7.52. The Bertz CT molecular complexity index is 672. The molecule has 1 amide bonds. The van der Waals surface area contributed by atoms with Crippen LogP contribution in [0.1, 0.15) is 12.8 Å². The summed E-state index contributed by atoms with van der Waals surface area (Å²) in [6.07, 6.45) is 3.30. The maximum atomic E-state index is 13.1. The number of halogens is 4. The number of hydrogen-bond acceptors (Lipinski definition) is 5. The second-order valence-corrected chi connectivity index (χ2v) is 7.58. The number of nitrogens with one attached hydrogen (secondary N) is 1. The summed E-state index contributed by atoms with van der Waals surface area (Å²) in [7, 11) is -3.65. The molecule has 1 aromatic rings. The lowest BCUT2D eigenvalue weighted by molar-refractivity contribution is -0.127. The second kappa shape index (κ2) is 10.3. The fraction of sp³-hybridized carbons (Fsp3) is 0.571. The lowest BCUT2D eigenvalue weighted by Gasteiger charge is -2.30. The van der Waals surface area contributed by atoms with Gasteiger partial charge in [0, 0.05) is 31.4 Å². The van der Waals surface area contributed by atoms with Gasteiger partial charge in [-0.15, -0.1) is 24.8 Å². The zero-order chi connectivity index (χ0) is 17.8. The first kappa shape index (κ1) is 24.9. The molecule has 1 saturated heterocycles. The van der Waals surface area contributed by atoms with Crippen LogP contribution in [-0.2, 0) is 14.8 Å². The maximum absolute atomic E-state index is 13.1. The number of aromatic nitrogens is 1. The Hall–Kier alpha value is -1.07. The summed E-state index contributed by atoms with van der Waals surface area (Å²) in [5.74, 6) is -4.12. The SMILES string of the molecule is Cl.Cl.NCC(F)(F)CNC(=O)C1CCN(S(=O)(=O)c2cccnc2)CC1. The Morgan fingerprint density at radius 2 is 1.96 bits per heavy atom. The molecule has 0 bridgehead atoms. The van der Waals surface area contributed by atoms with Crippen molar-refractivity contribution in [2.24, 2.45) is 11.7 Å². The number of sulfonamides is 1. The van der Waals surface area contributed by atoms with Crippen molar-refractivity contribution in [3.8, 4) is 0 Å². The van der Waals surface area contributed by atoms with Gasteiger partial charge in [0.05, 0.1) is 13.1 Å². The summed E-state index contributed by atoms with van der Waals surface area (Å²) in [6.45, 7) is -1.34. The van der Waals surface area contributed by atoms with Crippen molar-refractivity contribution in [2.75, 3.05) is 26.2 Å². The van der Waals surface area contributed by atoms with E-state index < -0.39 is 40.9 Å². The summed E-state index contributed by atoms with van der Waals surface area (Å²) in [5.41, 5.74) is 4.91. The van der Waals surface area contributed by atoms with Crippen molar-refractivity contribution in [3.05, 3.63) is 24.5 Å². The van der Waals surface area contributed by atoms with Crippen LogP contribution in [0.2, 0.25) is 0 Å². The van der Waals surface area contributed by atoms with E-state index >= 15 is 0 Å². The van der Waals surface area contributed by atoms with E-state index in [0.29, 0.717) is 0 Å². The Morgan fingerprint density at radius 3 is 2.46 bits per heavy atom. The van der Waals surface area contributed by atoms with Gasteiger partial charge < -0.3 is 11.1 Å². The van der Waals surface area contributed by atoms with E-state index in [9.17, 15) is 22.0 Å². The monoisotopic (exact) mass is 434 g/mol. The van der Waals surface area contributed by atoms with Gasteiger partial charge in [-0.1, -0.05) is 0 Å². The van der Waals surface area contributed by atoms with E-state index in [1.807, 2.05) is 0 Å². The number of alkyl halides is 2. The third-order valence-corrected chi connectivity index (χ3v) is 5.80. The fourth-order valence-corrected chi connectivity index (χ4v) is 3.87. The zero-order valence-corrected chi connectivity index (χ0v) is 16.3. The number of carbonyl (C=O) groups excluding carboxylic acids is 1. The van der Waals surface area contributed by atoms with Gasteiger partial charge in [0.15, 0.2) is 0 Å². The molecule has 0 saturated carbocycles. The second-order valence-electron chi connectivity index (χ2n) is 5.64. The summed E-state index contributed by atoms with van der Waals surface area (Å²) in [4.78, 5) is 15.8. The molecule has 12 heteroatoms. The molecule has 0 aliphatic carbocycles. The largest absolute Gasteiger partial charge is 0.350 e. The van der Waals surface area contributed by atoms with E-state index in [0.717, 1.165) is 0 Å². The minimum absolute atomic E-state index is 0. The Labute approximate surface area is 163 Å². The van der Waals surface area contributed by atoms with Gasteiger partial charge in [0.25, 0.3) is 5.92 Å². The lowest BCUT2D eigenvalue weighted by atomic mass is 9.97. The molecule has 0 unspecified atom stereocenters. The van der Waals surface area contributed by atoms with E-state index in [4.69, 9.17) is 5.73 Å². The first-order chi connectivity index (χ1) is 11.3. The molecule has 3 N–H and O–H groups in total. The van der Waals surface area contributed by atoms with Gasteiger partial charge in [0.2, 0.25) is 15.9 Å². The van der Waals surface area contributed by atoms with Crippen LogP contribution in [0.25, 0.3) is 0 Å². The lowest BCUT2D eigenvalue weighted by Crippen LogP contribution is -2.46. The Morgan fingerprint density at radius 1 is 1.35 bits per heavy atom. The molecule has 2 rings (SSSR count). The molecule has 0 radical (unpaired) electrons. The normalized spacial score (nSPS) is 16.3. The predicted molar refractivity (Wildman–Crippen MR) is 97.2 cm³/mol. The number of nitrogens with zero attached hydrogens (tertiary/aromatic N) is 2. The molecule has 1 aliphatic heterocycles. The number of pyridine rings is 1. The molecule has 1 fully saturated rings. The average Bonchev–Trinajstić information content (AvgIpc) is 2.60. The van der Waals surface area contributed by atoms with Gasteiger partial charge in [-0.25, -0.2) is 17.2 Å². The maximum Gasteiger partial charge on any atom is 0.277 e. The number of amides is 1. The molecular weight excluding hydrogens is 413 g/mol. The van der Waals surface area contributed by atoms with Gasteiger partial charge in [-0.2, -0.15) is 4.31 Å². The van der Waals surface area contributed by atoms with Gasteiger partial charge in [-0.05, 0) is 25.0 Å². The van der Waals surface area contributed by atoms with Crippen LogP contribution in [0.3, 0.4) is 0 Å². The van der Waals surface area contributed by atoms with Crippen LogP contribution >= 0.6 is 24.8 Å². The highest BCUT2D eigenvalue weighted by Gasteiger charge is 2.33. The highest BCUT2D eigenvalue weighted by Crippen LogP contribution is 2.23. The number of piperidine rings is 1. The number of carbonyl (C=O) groups is 1. The highest BCUT2D eigenvalue weighted by molar-refractivity contribution is 7.89.